The van der Waals surface area contributed by atoms with Crippen LogP contribution in [0.2, 0.25) is 0 Å². The molecule has 1 aliphatic rings. The highest BCUT2D eigenvalue weighted by Gasteiger charge is 2.30. The van der Waals surface area contributed by atoms with Crippen LogP contribution in [0.5, 0.6) is 0 Å². The van der Waals surface area contributed by atoms with E-state index in [9.17, 15) is 22.8 Å². The van der Waals surface area contributed by atoms with E-state index < -0.39 is 17.6 Å². The number of nitrogens with one attached hydrogen (secondary N) is 1. The van der Waals surface area contributed by atoms with Crippen molar-refractivity contribution in [1.29, 1.82) is 0 Å². The monoisotopic (exact) mass is 415 g/mol. The second-order valence-electron chi connectivity index (χ2n) is 6.08. The van der Waals surface area contributed by atoms with Crippen LogP contribution in [0.4, 0.5) is 18.9 Å². The third-order valence-electron chi connectivity index (χ3n) is 3.88. The van der Waals surface area contributed by atoms with Crippen molar-refractivity contribution < 1.29 is 18.0 Å². The van der Waals surface area contributed by atoms with Gasteiger partial charge in [-0.2, -0.15) is 13.2 Å². The lowest BCUT2D eigenvalue weighted by Crippen LogP contribution is -2.23. The molecule has 2 heterocycles. The number of rotatable bonds is 4. The van der Waals surface area contributed by atoms with Crippen molar-refractivity contribution in [2.45, 2.75) is 34.8 Å². The Labute approximate surface area is 161 Å². The molecule has 0 fully saturated rings. The molecule has 2 aromatic rings. The summed E-state index contributed by atoms with van der Waals surface area (Å²) in [7, 11) is 1.59. The average Bonchev–Trinajstić information content (AvgIpc) is 2.97. The van der Waals surface area contributed by atoms with Crippen LogP contribution < -0.4 is 10.9 Å². The molecule has 1 unspecified atom stereocenters. The molecule has 1 aromatic heterocycles. The first-order valence-corrected chi connectivity index (χ1v) is 9.88. The summed E-state index contributed by atoms with van der Waals surface area (Å²) < 4.78 is 39.6. The van der Waals surface area contributed by atoms with Crippen LogP contribution >= 0.6 is 23.5 Å². The number of amides is 1. The number of nitrogens with zero attached hydrogens (tertiary/aromatic N) is 2. The van der Waals surface area contributed by atoms with Gasteiger partial charge in [-0.1, -0.05) is 24.8 Å². The molecule has 0 radical (unpaired) electrons. The van der Waals surface area contributed by atoms with Crippen LogP contribution in [0.1, 0.15) is 18.2 Å². The minimum Gasteiger partial charge on any atom is -0.325 e. The van der Waals surface area contributed by atoms with Gasteiger partial charge in [0.05, 0.1) is 21.9 Å². The molecule has 0 saturated carbocycles. The standard InChI is InChI=1S/C17H16F3N3O2S2/c1-9-6-12-14(27-9)15(25)23(2)16(22-12)26-8-13(24)21-11-5-3-4-10(7-11)17(18,19)20/h3-5,7,9H,6,8H2,1-2H3,(H,21,24). The molecule has 1 aromatic carbocycles. The predicted octanol–water partition coefficient (Wildman–Crippen LogP) is 3.57. The van der Waals surface area contributed by atoms with Gasteiger partial charge in [0.2, 0.25) is 5.91 Å². The zero-order chi connectivity index (χ0) is 19.8. The number of alkyl halides is 3. The molecule has 1 amide bonds. The topological polar surface area (TPSA) is 64.0 Å². The van der Waals surface area contributed by atoms with E-state index >= 15 is 0 Å². The molecule has 3 rings (SSSR count). The third kappa shape index (κ3) is 4.49. The lowest BCUT2D eigenvalue weighted by Gasteiger charge is -2.11. The van der Waals surface area contributed by atoms with Crippen molar-refractivity contribution in [1.82, 2.24) is 9.55 Å². The van der Waals surface area contributed by atoms with Gasteiger partial charge in [-0.3, -0.25) is 14.2 Å². The quantitative estimate of drug-likeness (QED) is 0.611. The van der Waals surface area contributed by atoms with Gasteiger partial charge in [0.25, 0.3) is 5.56 Å². The van der Waals surface area contributed by atoms with Gasteiger partial charge in [0.15, 0.2) is 5.16 Å². The smallest absolute Gasteiger partial charge is 0.325 e. The summed E-state index contributed by atoms with van der Waals surface area (Å²) in [6.07, 6.45) is -3.78. The van der Waals surface area contributed by atoms with Gasteiger partial charge in [-0.15, -0.1) is 11.8 Å². The molecular weight excluding hydrogens is 399 g/mol. The molecule has 0 aliphatic carbocycles. The molecule has 5 nitrogen and oxygen atoms in total. The SMILES string of the molecule is CC1Cc2nc(SCC(=O)Nc3cccc(C(F)(F)F)c3)n(C)c(=O)c2S1. The molecule has 0 saturated heterocycles. The van der Waals surface area contributed by atoms with E-state index in [1.54, 1.807) is 7.05 Å². The summed E-state index contributed by atoms with van der Waals surface area (Å²) in [6.45, 7) is 2.01. The Morgan fingerprint density at radius 1 is 1.44 bits per heavy atom. The van der Waals surface area contributed by atoms with Gasteiger partial charge in [-0.05, 0) is 18.2 Å². The van der Waals surface area contributed by atoms with E-state index in [0.29, 0.717) is 16.5 Å². The van der Waals surface area contributed by atoms with Crippen molar-refractivity contribution in [3.63, 3.8) is 0 Å². The number of fused-ring (bicyclic) bond motifs is 1. The summed E-state index contributed by atoms with van der Waals surface area (Å²) in [5.41, 5.74) is -0.176. The second kappa shape index (κ2) is 7.59. The molecule has 0 bridgehead atoms. The number of halogens is 3. The van der Waals surface area contributed by atoms with Gasteiger partial charge < -0.3 is 5.32 Å². The van der Waals surface area contributed by atoms with Crippen LogP contribution in [-0.2, 0) is 24.4 Å². The zero-order valence-electron chi connectivity index (χ0n) is 14.5. The number of hydrogen-bond acceptors (Lipinski definition) is 5. The third-order valence-corrected chi connectivity index (χ3v) is 6.13. The van der Waals surface area contributed by atoms with E-state index in [1.165, 1.54) is 28.5 Å². The Kier molecular flexibility index (Phi) is 5.57. The van der Waals surface area contributed by atoms with E-state index in [0.717, 1.165) is 29.6 Å². The summed E-state index contributed by atoms with van der Waals surface area (Å²) in [5, 5.41) is 3.13. The van der Waals surface area contributed by atoms with E-state index in [2.05, 4.69) is 10.3 Å². The number of hydrogen-bond donors (Lipinski definition) is 1. The highest BCUT2D eigenvalue weighted by molar-refractivity contribution is 8.00. The minimum absolute atomic E-state index is 0.0662. The minimum atomic E-state index is -4.47. The van der Waals surface area contributed by atoms with Crippen molar-refractivity contribution >= 4 is 35.1 Å². The van der Waals surface area contributed by atoms with Gasteiger partial charge in [0.1, 0.15) is 0 Å². The number of thioether (sulfide) groups is 2. The first kappa shape index (κ1) is 19.8. The number of benzene rings is 1. The molecule has 1 atom stereocenters. The van der Waals surface area contributed by atoms with Gasteiger partial charge in [0, 0.05) is 24.4 Å². The Morgan fingerprint density at radius 3 is 2.89 bits per heavy atom. The first-order chi connectivity index (χ1) is 12.6. The molecular formula is C17H16F3N3O2S2. The molecule has 10 heteroatoms. The fourth-order valence-corrected chi connectivity index (χ4v) is 4.54. The molecule has 144 valence electrons. The number of carbonyl (C=O) groups excluding carboxylic acids is 1. The number of carbonyl (C=O) groups is 1. The van der Waals surface area contributed by atoms with E-state index in [4.69, 9.17) is 0 Å². The highest BCUT2D eigenvalue weighted by Crippen LogP contribution is 2.34. The Hall–Kier alpha value is -1.94. The maximum absolute atomic E-state index is 12.7. The van der Waals surface area contributed by atoms with Crippen molar-refractivity contribution in [2.24, 2.45) is 7.05 Å². The lowest BCUT2D eigenvalue weighted by atomic mass is 10.2. The fourth-order valence-electron chi connectivity index (χ4n) is 2.61. The van der Waals surface area contributed by atoms with Crippen LogP contribution in [0.3, 0.4) is 0 Å². The Morgan fingerprint density at radius 2 is 2.19 bits per heavy atom. The fraction of sp³-hybridized carbons (Fsp3) is 0.353. The Bertz CT molecular complexity index is 944. The molecule has 1 N–H and O–H groups in total. The molecule has 0 spiro atoms. The van der Waals surface area contributed by atoms with Crippen LogP contribution in [0.25, 0.3) is 0 Å². The van der Waals surface area contributed by atoms with Crippen LogP contribution in [-0.4, -0.2) is 26.5 Å². The maximum Gasteiger partial charge on any atom is 0.416 e. The predicted molar refractivity (Wildman–Crippen MR) is 99.3 cm³/mol. The summed E-state index contributed by atoms with van der Waals surface area (Å²) >= 11 is 2.57. The normalized spacial score (nSPS) is 16.3. The van der Waals surface area contributed by atoms with Gasteiger partial charge in [-0.25, -0.2) is 4.98 Å². The molecule has 1 aliphatic heterocycles. The lowest BCUT2D eigenvalue weighted by molar-refractivity contribution is -0.137. The summed E-state index contributed by atoms with van der Waals surface area (Å²) in [6, 6.07) is 4.44. The average molecular weight is 415 g/mol. The number of aromatic nitrogens is 2. The highest BCUT2D eigenvalue weighted by atomic mass is 32.2. The van der Waals surface area contributed by atoms with Crippen molar-refractivity contribution in [3.05, 3.63) is 45.9 Å². The van der Waals surface area contributed by atoms with Crippen LogP contribution in [0, 0.1) is 0 Å². The second-order valence-corrected chi connectivity index (χ2v) is 8.47. The number of anilines is 1. The van der Waals surface area contributed by atoms with Crippen LogP contribution in [0.15, 0.2) is 39.1 Å². The maximum atomic E-state index is 12.7. The summed E-state index contributed by atoms with van der Waals surface area (Å²) in [4.78, 5) is 29.6. The van der Waals surface area contributed by atoms with Crippen molar-refractivity contribution in [2.75, 3.05) is 11.1 Å². The first-order valence-electron chi connectivity index (χ1n) is 8.01. The largest absolute Gasteiger partial charge is 0.416 e. The zero-order valence-corrected chi connectivity index (χ0v) is 16.1. The summed E-state index contributed by atoms with van der Waals surface area (Å²) in [5.74, 6) is -0.547. The van der Waals surface area contributed by atoms with E-state index in [-0.39, 0.29) is 22.2 Å². The van der Waals surface area contributed by atoms with Gasteiger partial charge >= 0.3 is 6.18 Å². The molecule has 27 heavy (non-hydrogen) atoms. The van der Waals surface area contributed by atoms with E-state index in [1.807, 2.05) is 6.92 Å². The van der Waals surface area contributed by atoms with Crippen molar-refractivity contribution in [3.8, 4) is 0 Å². The Balaban J connectivity index is 1.68.